The standard InChI is InChI=1S/C16H13F3N2O4/c1-8-6-12(13(25-8)16(17,18)19)21-14(23)11(20-15(21)24)7-9-2-4-10(22)5-3-9/h2-6,22-23H,7H2,1H3,(H,20,24). The van der Waals surface area contributed by atoms with Crippen LogP contribution in [-0.2, 0) is 12.6 Å². The Morgan fingerprint density at radius 3 is 2.44 bits per heavy atom. The molecule has 3 N–H and O–H groups in total. The summed E-state index contributed by atoms with van der Waals surface area (Å²) in [6, 6.07) is 6.99. The lowest BCUT2D eigenvalue weighted by Gasteiger charge is -2.07. The van der Waals surface area contributed by atoms with Crippen LogP contribution in [0.3, 0.4) is 0 Å². The highest BCUT2D eigenvalue weighted by molar-refractivity contribution is 5.44. The van der Waals surface area contributed by atoms with Gasteiger partial charge < -0.3 is 19.6 Å². The Morgan fingerprint density at radius 2 is 1.84 bits per heavy atom. The Bertz CT molecular complexity index is 965. The SMILES string of the molecule is Cc1cc(-n2c(O)c(Cc3ccc(O)cc3)[nH]c2=O)c(C(F)(F)F)o1. The molecule has 2 heterocycles. The Morgan fingerprint density at radius 1 is 1.20 bits per heavy atom. The highest BCUT2D eigenvalue weighted by atomic mass is 19.4. The molecule has 25 heavy (non-hydrogen) atoms. The van der Waals surface area contributed by atoms with Crippen LogP contribution in [0, 0.1) is 6.92 Å². The van der Waals surface area contributed by atoms with Crippen molar-refractivity contribution in [1.29, 1.82) is 0 Å². The van der Waals surface area contributed by atoms with E-state index in [1.54, 1.807) is 12.1 Å². The summed E-state index contributed by atoms with van der Waals surface area (Å²) in [6.45, 7) is 1.31. The Kier molecular flexibility index (Phi) is 3.86. The maximum absolute atomic E-state index is 13.1. The quantitative estimate of drug-likeness (QED) is 0.674. The van der Waals surface area contributed by atoms with Crippen LogP contribution in [-0.4, -0.2) is 19.8 Å². The summed E-state index contributed by atoms with van der Waals surface area (Å²) in [7, 11) is 0. The highest BCUT2D eigenvalue weighted by Gasteiger charge is 2.40. The van der Waals surface area contributed by atoms with Crippen LogP contribution < -0.4 is 5.69 Å². The van der Waals surface area contributed by atoms with Crippen LogP contribution in [0.1, 0.15) is 22.8 Å². The first kappa shape index (κ1) is 16.7. The van der Waals surface area contributed by atoms with E-state index in [0.29, 0.717) is 10.1 Å². The number of imidazole rings is 1. The number of rotatable bonds is 3. The first-order valence-corrected chi connectivity index (χ1v) is 7.15. The van der Waals surface area contributed by atoms with Gasteiger partial charge in [-0.3, -0.25) is 0 Å². The number of phenolic OH excluding ortho intramolecular Hbond substituents is 1. The summed E-state index contributed by atoms with van der Waals surface area (Å²) in [5.74, 6) is -2.00. The van der Waals surface area contributed by atoms with E-state index in [2.05, 4.69) is 9.40 Å². The van der Waals surface area contributed by atoms with Crippen molar-refractivity contribution >= 4 is 0 Å². The topological polar surface area (TPSA) is 91.4 Å². The second kappa shape index (κ2) is 5.76. The Hall–Kier alpha value is -3.10. The fourth-order valence-electron chi connectivity index (χ4n) is 2.51. The summed E-state index contributed by atoms with van der Waals surface area (Å²) in [4.78, 5) is 14.4. The molecular formula is C16H13F3N2O4. The van der Waals surface area contributed by atoms with Gasteiger partial charge in [-0.15, -0.1) is 0 Å². The number of benzene rings is 1. The molecule has 0 unspecified atom stereocenters. The number of phenols is 1. The van der Waals surface area contributed by atoms with E-state index in [4.69, 9.17) is 0 Å². The van der Waals surface area contributed by atoms with Crippen molar-refractivity contribution in [2.24, 2.45) is 0 Å². The maximum atomic E-state index is 13.1. The lowest BCUT2D eigenvalue weighted by molar-refractivity contribution is -0.153. The molecule has 6 nitrogen and oxygen atoms in total. The molecule has 0 aliphatic heterocycles. The number of aromatic hydroxyl groups is 2. The molecule has 0 atom stereocenters. The molecule has 3 aromatic rings. The molecule has 0 aliphatic rings. The number of furan rings is 1. The van der Waals surface area contributed by atoms with Crippen molar-refractivity contribution in [3.63, 3.8) is 0 Å². The van der Waals surface area contributed by atoms with E-state index in [1.165, 1.54) is 19.1 Å². The zero-order valence-corrected chi connectivity index (χ0v) is 12.9. The summed E-state index contributed by atoms with van der Waals surface area (Å²) in [5.41, 5.74) is -0.818. The predicted molar refractivity (Wildman–Crippen MR) is 81.0 cm³/mol. The van der Waals surface area contributed by atoms with Crippen LogP contribution in [0.25, 0.3) is 5.69 Å². The number of H-pyrrole nitrogens is 1. The average molecular weight is 354 g/mol. The third-order valence-corrected chi connectivity index (χ3v) is 3.59. The van der Waals surface area contributed by atoms with Gasteiger partial charge in [0.05, 0.1) is 5.69 Å². The largest absolute Gasteiger partial charge is 0.508 e. The first-order chi connectivity index (χ1) is 11.7. The van der Waals surface area contributed by atoms with Gasteiger partial charge in [0, 0.05) is 12.5 Å². The monoisotopic (exact) mass is 354 g/mol. The minimum Gasteiger partial charge on any atom is -0.508 e. The molecule has 2 aromatic heterocycles. The van der Waals surface area contributed by atoms with Gasteiger partial charge in [0.1, 0.15) is 17.2 Å². The number of aromatic nitrogens is 2. The summed E-state index contributed by atoms with van der Waals surface area (Å²) in [5, 5.41) is 19.5. The number of nitrogens with one attached hydrogen (secondary N) is 1. The van der Waals surface area contributed by atoms with E-state index in [-0.39, 0.29) is 23.6 Å². The third-order valence-electron chi connectivity index (χ3n) is 3.59. The van der Waals surface area contributed by atoms with Gasteiger partial charge in [-0.05, 0) is 24.6 Å². The van der Waals surface area contributed by atoms with E-state index >= 15 is 0 Å². The van der Waals surface area contributed by atoms with Gasteiger partial charge in [-0.1, -0.05) is 12.1 Å². The molecule has 0 fully saturated rings. The molecule has 0 saturated heterocycles. The molecule has 3 rings (SSSR count). The van der Waals surface area contributed by atoms with Crippen molar-refractivity contribution in [3.05, 3.63) is 63.6 Å². The van der Waals surface area contributed by atoms with Gasteiger partial charge >= 0.3 is 11.9 Å². The second-order valence-electron chi connectivity index (χ2n) is 5.48. The fraction of sp³-hybridized carbons (Fsp3) is 0.188. The van der Waals surface area contributed by atoms with Gasteiger partial charge in [0.15, 0.2) is 0 Å². The second-order valence-corrected chi connectivity index (χ2v) is 5.48. The molecule has 1 aromatic carbocycles. The molecule has 0 aliphatic carbocycles. The van der Waals surface area contributed by atoms with Gasteiger partial charge in [0.2, 0.25) is 11.6 Å². The van der Waals surface area contributed by atoms with E-state index in [9.17, 15) is 28.2 Å². The lowest BCUT2D eigenvalue weighted by atomic mass is 10.1. The summed E-state index contributed by atoms with van der Waals surface area (Å²) < 4.78 is 44.4. The minimum atomic E-state index is -4.82. The molecule has 0 saturated carbocycles. The molecule has 9 heteroatoms. The minimum absolute atomic E-state index is 0.0441. The predicted octanol–water partition coefficient (Wildman–Crippen LogP) is 3.09. The van der Waals surface area contributed by atoms with Gasteiger partial charge in [-0.2, -0.15) is 13.2 Å². The van der Waals surface area contributed by atoms with Crippen LogP contribution in [0.5, 0.6) is 11.6 Å². The normalized spacial score (nSPS) is 11.8. The summed E-state index contributed by atoms with van der Waals surface area (Å²) in [6.07, 6.45) is -4.75. The number of halogens is 3. The number of aromatic amines is 1. The number of aryl methyl sites for hydroxylation is 1. The third kappa shape index (κ3) is 3.12. The molecule has 0 spiro atoms. The average Bonchev–Trinajstić information content (AvgIpc) is 3.02. The Balaban J connectivity index is 2.07. The Labute approximate surface area is 138 Å². The van der Waals surface area contributed by atoms with Crippen molar-refractivity contribution < 1.29 is 27.8 Å². The number of nitrogens with zero attached hydrogens (tertiary/aromatic N) is 1. The molecule has 0 amide bonds. The maximum Gasteiger partial charge on any atom is 0.451 e. The number of alkyl halides is 3. The van der Waals surface area contributed by atoms with Gasteiger partial charge in [0.25, 0.3) is 0 Å². The van der Waals surface area contributed by atoms with Crippen LogP contribution in [0.15, 0.2) is 39.5 Å². The van der Waals surface area contributed by atoms with Crippen LogP contribution >= 0.6 is 0 Å². The van der Waals surface area contributed by atoms with E-state index in [0.717, 1.165) is 6.07 Å². The van der Waals surface area contributed by atoms with Crippen molar-refractivity contribution in [2.45, 2.75) is 19.5 Å². The smallest absolute Gasteiger partial charge is 0.451 e. The fourth-order valence-corrected chi connectivity index (χ4v) is 2.51. The summed E-state index contributed by atoms with van der Waals surface area (Å²) >= 11 is 0. The molecule has 0 radical (unpaired) electrons. The zero-order chi connectivity index (χ0) is 18.4. The molecular weight excluding hydrogens is 341 g/mol. The first-order valence-electron chi connectivity index (χ1n) is 7.15. The zero-order valence-electron chi connectivity index (χ0n) is 12.9. The number of hydrogen-bond donors (Lipinski definition) is 3. The molecule has 0 bridgehead atoms. The van der Waals surface area contributed by atoms with E-state index in [1.807, 2.05) is 0 Å². The van der Waals surface area contributed by atoms with Crippen LogP contribution in [0.4, 0.5) is 13.2 Å². The van der Waals surface area contributed by atoms with Crippen molar-refractivity contribution in [3.8, 4) is 17.3 Å². The highest BCUT2D eigenvalue weighted by Crippen LogP contribution is 2.37. The van der Waals surface area contributed by atoms with Crippen LogP contribution in [0.2, 0.25) is 0 Å². The van der Waals surface area contributed by atoms with Gasteiger partial charge in [-0.25, -0.2) is 9.36 Å². The lowest BCUT2D eigenvalue weighted by Crippen LogP contribution is -2.17. The number of hydrogen-bond acceptors (Lipinski definition) is 4. The van der Waals surface area contributed by atoms with E-state index < -0.39 is 29.2 Å². The molecule has 132 valence electrons. The van der Waals surface area contributed by atoms with Crippen molar-refractivity contribution in [2.75, 3.05) is 0 Å². The van der Waals surface area contributed by atoms with Crippen molar-refractivity contribution in [1.82, 2.24) is 9.55 Å².